The Hall–Kier alpha value is -2.10. The molecule has 2 aliphatic rings. The van der Waals surface area contributed by atoms with Gasteiger partial charge in [0.25, 0.3) is 5.91 Å². The Morgan fingerprint density at radius 3 is 2.48 bits per heavy atom. The maximum atomic E-state index is 12.8. The van der Waals surface area contributed by atoms with E-state index >= 15 is 0 Å². The van der Waals surface area contributed by atoms with E-state index in [9.17, 15) is 18.0 Å². The van der Waals surface area contributed by atoms with Gasteiger partial charge in [0, 0.05) is 26.3 Å². The average Bonchev–Trinajstić information content (AvgIpc) is 3.12. The first kappa shape index (κ1) is 17.7. The number of sulfone groups is 1. The summed E-state index contributed by atoms with van der Waals surface area (Å²) in [5.41, 5.74) is 0.410. The molecular weight excluding hydrogens is 348 g/mol. The number of carbonyl (C=O) groups excluding carboxylic acids is 2. The van der Waals surface area contributed by atoms with E-state index in [1.807, 2.05) is 6.92 Å². The third kappa shape index (κ3) is 3.48. The molecule has 10 heteroatoms. The molecule has 2 atom stereocenters. The maximum Gasteiger partial charge on any atom is 0.410 e. The Balaban J connectivity index is 1.83. The molecule has 1 aromatic heterocycles. The molecule has 0 aromatic carbocycles. The van der Waals surface area contributed by atoms with Crippen LogP contribution in [0.2, 0.25) is 0 Å². The molecule has 0 unspecified atom stereocenters. The molecule has 0 aliphatic carbocycles. The molecule has 0 radical (unpaired) electrons. The van der Waals surface area contributed by atoms with Crippen LogP contribution in [0.25, 0.3) is 0 Å². The molecular formula is C15H22N4O5S. The Kier molecular flexibility index (Phi) is 4.72. The van der Waals surface area contributed by atoms with Crippen LogP contribution >= 0.6 is 0 Å². The number of rotatable bonds is 3. The molecule has 3 heterocycles. The summed E-state index contributed by atoms with van der Waals surface area (Å²) in [5.74, 6) is -0.543. The number of amides is 2. The second-order valence-electron chi connectivity index (χ2n) is 6.42. The number of fused-ring (bicyclic) bond motifs is 1. The fourth-order valence-electron chi connectivity index (χ4n) is 3.40. The van der Waals surface area contributed by atoms with Crippen LogP contribution in [-0.2, 0) is 21.6 Å². The first-order chi connectivity index (χ1) is 11.8. The average molecular weight is 370 g/mol. The van der Waals surface area contributed by atoms with Crippen molar-refractivity contribution in [1.29, 1.82) is 0 Å². The zero-order chi connectivity index (χ0) is 18.2. The van der Waals surface area contributed by atoms with Crippen LogP contribution in [0.3, 0.4) is 0 Å². The lowest BCUT2D eigenvalue weighted by atomic mass is 10.0. The van der Waals surface area contributed by atoms with Crippen molar-refractivity contribution >= 4 is 21.8 Å². The third-order valence-electron chi connectivity index (χ3n) is 4.55. The summed E-state index contributed by atoms with van der Waals surface area (Å²) in [7, 11) is -1.61. The fourth-order valence-corrected chi connectivity index (χ4v) is 5.38. The van der Waals surface area contributed by atoms with Crippen LogP contribution in [0.5, 0.6) is 0 Å². The van der Waals surface area contributed by atoms with Crippen LogP contribution in [0, 0.1) is 0 Å². The predicted octanol–water partition coefficient (Wildman–Crippen LogP) is -0.110. The van der Waals surface area contributed by atoms with Gasteiger partial charge in [0.2, 0.25) is 0 Å². The highest BCUT2D eigenvalue weighted by molar-refractivity contribution is 7.91. The Bertz CT molecular complexity index is 775. The Morgan fingerprint density at radius 2 is 1.88 bits per heavy atom. The largest absolute Gasteiger partial charge is 0.449 e. The van der Waals surface area contributed by atoms with Gasteiger partial charge in [-0.3, -0.25) is 9.48 Å². The minimum atomic E-state index is -3.32. The van der Waals surface area contributed by atoms with Crippen molar-refractivity contribution < 1.29 is 22.7 Å². The number of carbonyl (C=O) groups is 2. The second-order valence-corrected chi connectivity index (χ2v) is 8.57. The SMILES string of the molecule is CCCOC(=O)N1CCN(C(=O)c2cnn(C)c2)[C@H]2CS(=O)(=O)C[C@H]21. The van der Waals surface area contributed by atoms with E-state index in [0.29, 0.717) is 12.0 Å². The molecule has 2 fully saturated rings. The highest BCUT2D eigenvalue weighted by atomic mass is 32.2. The van der Waals surface area contributed by atoms with Crippen molar-refractivity contribution in [3.63, 3.8) is 0 Å². The first-order valence-electron chi connectivity index (χ1n) is 8.26. The molecule has 1 aromatic rings. The van der Waals surface area contributed by atoms with Gasteiger partial charge in [0.05, 0.1) is 42.0 Å². The highest BCUT2D eigenvalue weighted by Gasteiger charge is 2.50. The van der Waals surface area contributed by atoms with Crippen molar-refractivity contribution in [2.24, 2.45) is 7.05 Å². The van der Waals surface area contributed by atoms with E-state index in [2.05, 4.69) is 5.10 Å². The standard InChI is InChI=1S/C15H22N4O5S/c1-3-6-24-15(21)19-5-4-18(12-9-25(22,23)10-13(12)19)14(20)11-7-16-17(2)8-11/h7-8,12-13H,3-6,9-10H2,1-2H3/t12-,13+/m0/s1. The fraction of sp³-hybridized carbons (Fsp3) is 0.667. The van der Waals surface area contributed by atoms with Gasteiger partial charge in [-0.15, -0.1) is 0 Å². The minimum absolute atomic E-state index is 0.138. The summed E-state index contributed by atoms with van der Waals surface area (Å²) < 4.78 is 31.0. The predicted molar refractivity (Wildman–Crippen MR) is 88.8 cm³/mol. The minimum Gasteiger partial charge on any atom is -0.449 e. The van der Waals surface area contributed by atoms with E-state index in [1.54, 1.807) is 18.1 Å². The monoisotopic (exact) mass is 370 g/mol. The van der Waals surface area contributed by atoms with Crippen molar-refractivity contribution in [3.8, 4) is 0 Å². The second kappa shape index (κ2) is 6.66. The lowest BCUT2D eigenvalue weighted by Crippen LogP contribution is -2.62. The van der Waals surface area contributed by atoms with E-state index in [-0.39, 0.29) is 37.1 Å². The molecule has 0 bridgehead atoms. The molecule has 3 rings (SSSR count). The van der Waals surface area contributed by atoms with Gasteiger partial charge >= 0.3 is 6.09 Å². The Labute approximate surface area is 146 Å². The molecule has 138 valence electrons. The van der Waals surface area contributed by atoms with E-state index in [0.717, 1.165) is 0 Å². The first-order valence-corrected chi connectivity index (χ1v) is 10.1. The van der Waals surface area contributed by atoms with Gasteiger partial charge in [-0.1, -0.05) is 6.92 Å². The van der Waals surface area contributed by atoms with E-state index < -0.39 is 28.0 Å². The number of hydrogen-bond acceptors (Lipinski definition) is 6. The lowest BCUT2D eigenvalue weighted by Gasteiger charge is -2.43. The topological polar surface area (TPSA) is 102 Å². The zero-order valence-electron chi connectivity index (χ0n) is 14.3. The van der Waals surface area contributed by atoms with Crippen molar-refractivity contribution in [2.45, 2.75) is 25.4 Å². The number of piperazine rings is 1. The summed E-state index contributed by atoms with van der Waals surface area (Å²) in [6, 6.07) is -1.12. The molecule has 0 spiro atoms. The number of aromatic nitrogens is 2. The summed E-state index contributed by atoms with van der Waals surface area (Å²) in [6.45, 7) is 2.70. The van der Waals surface area contributed by atoms with E-state index in [1.165, 1.54) is 15.8 Å². The summed E-state index contributed by atoms with van der Waals surface area (Å²) in [6.07, 6.45) is 3.24. The molecule has 25 heavy (non-hydrogen) atoms. The van der Waals surface area contributed by atoms with Gasteiger partial charge in [0.15, 0.2) is 9.84 Å². The van der Waals surface area contributed by atoms with Gasteiger partial charge in [0.1, 0.15) is 0 Å². The van der Waals surface area contributed by atoms with Crippen molar-refractivity contribution in [2.75, 3.05) is 31.2 Å². The molecule has 2 saturated heterocycles. The Morgan fingerprint density at radius 1 is 1.24 bits per heavy atom. The summed E-state index contributed by atoms with van der Waals surface area (Å²) in [5, 5.41) is 3.99. The third-order valence-corrected chi connectivity index (χ3v) is 6.25. The van der Waals surface area contributed by atoms with Gasteiger partial charge < -0.3 is 14.5 Å². The van der Waals surface area contributed by atoms with Gasteiger partial charge in [-0.05, 0) is 6.42 Å². The highest BCUT2D eigenvalue weighted by Crippen LogP contribution is 2.28. The zero-order valence-corrected chi connectivity index (χ0v) is 15.1. The normalized spacial score (nSPS) is 24.9. The summed E-state index contributed by atoms with van der Waals surface area (Å²) >= 11 is 0. The molecule has 2 amide bonds. The van der Waals surface area contributed by atoms with Crippen LogP contribution in [0.4, 0.5) is 4.79 Å². The van der Waals surface area contributed by atoms with Crippen molar-refractivity contribution in [3.05, 3.63) is 18.0 Å². The van der Waals surface area contributed by atoms with Crippen LogP contribution in [-0.4, -0.2) is 83.3 Å². The number of aryl methyl sites for hydroxylation is 1. The summed E-state index contributed by atoms with van der Waals surface area (Å²) in [4.78, 5) is 28.0. The quantitative estimate of drug-likeness (QED) is 0.736. The van der Waals surface area contributed by atoms with Crippen LogP contribution < -0.4 is 0 Å². The molecule has 9 nitrogen and oxygen atoms in total. The van der Waals surface area contributed by atoms with Gasteiger partial charge in [-0.2, -0.15) is 5.10 Å². The van der Waals surface area contributed by atoms with E-state index in [4.69, 9.17) is 4.74 Å². The van der Waals surface area contributed by atoms with Crippen molar-refractivity contribution in [1.82, 2.24) is 19.6 Å². The number of hydrogen-bond donors (Lipinski definition) is 0. The van der Waals surface area contributed by atoms with Crippen LogP contribution in [0.15, 0.2) is 12.4 Å². The van der Waals surface area contributed by atoms with Gasteiger partial charge in [-0.25, -0.2) is 13.2 Å². The number of nitrogens with zero attached hydrogens (tertiary/aromatic N) is 4. The molecule has 2 aliphatic heterocycles. The lowest BCUT2D eigenvalue weighted by molar-refractivity contribution is 0.0254. The smallest absolute Gasteiger partial charge is 0.410 e. The van der Waals surface area contributed by atoms with Crippen LogP contribution in [0.1, 0.15) is 23.7 Å². The maximum absolute atomic E-state index is 12.8. The number of ether oxygens (including phenoxy) is 1. The molecule has 0 N–H and O–H groups in total. The molecule has 0 saturated carbocycles.